The van der Waals surface area contributed by atoms with Crippen molar-refractivity contribution in [3.63, 3.8) is 0 Å². The number of halogens is 3. The maximum absolute atomic E-state index is 12.9. The first-order valence-corrected chi connectivity index (χ1v) is 7.80. The van der Waals surface area contributed by atoms with E-state index in [0.29, 0.717) is 5.92 Å². The average molecular weight is 299 g/mol. The topological polar surface area (TPSA) is 12.0 Å². The standard InChI is InChI=1S/C17H24F3N/c1-3-12-7-9-13(10-8-12)16(21-2)14-5-4-6-15(11-14)17(18,19)20/h4-6,11-13,16,21H,3,7-10H2,1-2H3. The Balaban J connectivity index is 2.14. The minimum absolute atomic E-state index is 0.0186. The third-order valence-corrected chi connectivity index (χ3v) is 4.82. The van der Waals surface area contributed by atoms with Gasteiger partial charge in [0, 0.05) is 6.04 Å². The van der Waals surface area contributed by atoms with Crippen LogP contribution in [-0.4, -0.2) is 7.05 Å². The molecule has 1 unspecified atom stereocenters. The van der Waals surface area contributed by atoms with Crippen LogP contribution in [0, 0.1) is 11.8 Å². The molecule has 1 aromatic carbocycles. The molecule has 0 aromatic heterocycles. The molecule has 0 spiro atoms. The van der Waals surface area contributed by atoms with E-state index in [2.05, 4.69) is 12.2 Å². The maximum atomic E-state index is 12.9. The van der Waals surface area contributed by atoms with Gasteiger partial charge in [-0.3, -0.25) is 0 Å². The number of benzene rings is 1. The SMILES string of the molecule is CCC1CCC(C(NC)c2cccc(C(F)(F)F)c2)CC1. The van der Waals surface area contributed by atoms with Crippen LogP contribution in [0.3, 0.4) is 0 Å². The molecule has 1 atom stereocenters. The fourth-order valence-corrected chi connectivity index (χ4v) is 3.51. The van der Waals surface area contributed by atoms with Crippen LogP contribution in [0.25, 0.3) is 0 Å². The van der Waals surface area contributed by atoms with E-state index < -0.39 is 11.7 Å². The zero-order valence-corrected chi connectivity index (χ0v) is 12.7. The molecule has 0 saturated heterocycles. The Morgan fingerprint density at radius 1 is 1.19 bits per heavy atom. The zero-order chi connectivity index (χ0) is 15.5. The molecule has 0 bridgehead atoms. The van der Waals surface area contributed by atoms with Gasteiger partial charge >= 0.3 is 6.18 Å². The molecular formula is C17H24F3N. The molecule has 0 radical (unpaired) electrons. The van der Waals surface area contributed by atoms with E-state index in [4.69, 9.17) is 0 Å². The van der Waals surface area contributed by atoms with Crippen molar-refractivity contribution in [3.05, 3.63) is 35.4 Å². The van der Waals surface area contributed by atoms with Gasteiger partial charge in [-0.05, 0) is 49.4 Å². The van der Waals surface area contributed by atoms with Crippen LogP contribution in [0.15, 0.2) is 24.3 Å². The normalized spacial score (nSPS) is 24.8. The Kier molecular flexibility index (Phi) is 5.31. The van der Waals surface area contributed by atoms with Crippen molar-refractivity contribution in [3.8, 4) is 0 Å². The van der Waals surface area contributed by atoms with Crippen LogP contribution in [0.5, 0.6) is 0 Å². The first kappa shape index (κ1) is 16.3. The van der Waals surface area contributed by atoms with Gasteiger partial charge < -0.3 is 5.32 Å². The van der Waals surface area contributed by atoms with Gasteiger partial charge in [0.15, 0.2) is 0 Å². The van der Waals surface area contributed by atoms with E-state index in [0.717, 1.165) is 30.4 Å². The summed E-state index contributed by atoms with van der Waals surface area (Å²) in [5.41, 5.74) is 0.203. The van der Waals surface area contributed by atoms with E-state index in [-0.39, 0.29) is 6.04 Å². The molecule has 4 heteroatoms. The Bertz CT molecular complexity index is 448. The van der Waals surface area contributed by atoms with Crippen molar-refractivity contribution in [2.75, 3.05) is 7.05 Å². The average Bonchev–Trinajstić information content (AvgIpc) is 2.48. The van der Waals surface area contributed by atoms with Crippen LogP contribution in [0.2, 0.25) is 0 Å². The second-order valence-electron chi connectivity index (χ2n) is 6.08. The van der Waals surface area contributed by atoms with Crippen LogP contribution in [-0.2, 0) is 6.18 Å². The zero-order valence-electron chi connectivity index (χ0n) is 12.7. The lowest BCUT2D eigenvalue weighted by molar-refractivity contribution is -0.137. The van der Waals surface area contributed by atoms with Gasteiger partial charge in [-0.15, -0.1) is 0 Å². The van der Waals surface area contributed by atoms with Crippen molar-refractivity contribution in [1.82, 2.24) is 5.32 Å². The number of hydrogen-bond donors (Lipinski definition) is 1. The molecule has 1 N–H and O–H groups in total. The van der Waals surface area contributed by atoms with Crippen molar-refractivity contribution >= 4 is 0 Å². The summed E-state index contributed by atoms with van der Waals surface area (Å²) in [7, 11) is 1.84. The highest BCUT2D eigenvalue weighted by Crippen LogP contribution is 2.39. The highest BCUT2D eigenvalue weighted by Gasteiger charge is 2.32. The Hall–Kier alpha value is -1.03. The van der Waals surface area contributed by atoms with Gasteiger partial charge in [-0.2, -0.15) is 13.2 Å². The van der Waals surface area contributed by atoms with E-state index in [1.165, 1.54) is 31.4 Å². The molecule has 0 heterocycles. The van der Waals surface area contributed by atoms with Crippen LogP contribution in [0.4, 0.5) is 13.2 Å². The third kappa shape index (κ3) is 4.00. The molecule has 1 aromatic rings. The fourth-order valence-electron chi connectivity index (χ4n) is 3.51. The predicted molar refractivity (Wildman–Crippen MR) is 79.0 cm³/mol. The molecule has 1 saturated carbocycles. The molecule has 0 aliphatic heterocycles. The number of hydrogen-bond acceptors (Lipinski definition) is 1. The van der Waals surface area contributed by atoms with Gasteiger partial charge in [0.05, 0.1) is 5.56 Å². The Morgan fingerprint density at radius 3 is 2.38 bits per heavy atom. The van der Waals surface area contributed by atoms with E-state index in [9.17, 15) is 13.2 Å². The molecular weight excluding hydrogens is 275 g/mol. The summed E-state index contributed by atoms with van der Waals surface area (Å²) in [5.74, 6) is 1.22. The van der Waals surface area contributed by atoms with Crippen LogP contribution in [0.1, 0.15) is 56.2 Å². The summed E-state index contributed by atoms with van der Waals surface area (Å²) >= 11 is 0. The lowest BCUT2D eigenvalue weighted by atomic mass is 9.76. The molecule has 1 aliphatic carbocycles. The molecule has 1 nitrogen and oxygen atoms in total. The minimum atomic E-state index is -4.27. The van der Waals surface area contributed by atoms with E-state index >= 15 is 0 Å². The van der Waals surface area contributed by atoms with Crippen molar-refractivity contribution in [1.29, 1.82) is 0 Å². The van der Waals surface area contributed by atoms with Gasteiger partial charge in [-0.1, -0.05) is 38.3 Å². The Labute approximate surface area is 124 Å². The molecule has 2 rings (SSSR count). The minimum Gasteiger partial charge on any atom is -0.313 e. The van der Waals surface area contributed by atoms with Gasteiger partial charge in [0.25, 0.3) is 0 Å². The first-order valence-electron chi connectivity index (χ1n) is 7.80. The maximum Gasteiger partial charge on any atom is 0.416 e. The van der Waals surface area contributed by atoms with Crippen LogP contribution >= 0.6 is 0 Å². The lowest BCUT2D eigenvalue weighted by Crippen LogP contribution is -2.29. The van der Waals surface area contributed by atoms with E-state index in [1.54, 1.807) is 0 Å². The second kappa shape index (κ2) is 6.82. The van der Waals surface area contributed by atoms with Crippen molar-refractivity contribution in [2.24, 2.45) is 11.8 Å². The highest BCUT2D eigenvalue weighted by molar-refractivity contribution is 5.28. The smallest absolute Gasteiger partial charge is 0.313 e. The summed E-state index contributed by atoms with van der Waals surface area (Å²) < 4.78 is 38.6. The van der Waals surface area contributed by atoms with Gasteiger partial charge in [0.2, 0.25) is 0 Å². The number of rotatable bonds is 4. The molecule has 0 amide bonds. The van der Waals surface area contributed by atoms with E-state index in [1.807, 2.05) is 13.1 Å². The second-order valence-corrected chi connectivity index (χ2v) is 6.08. The third-order valence-electron chi connectivity index (χ3n) is 4.82. The van der Waals surface area contributed by atoms with Crippen molar-refractivity contribution < 1.29 is 13.2 Å². The summed E-state index contributed by atoms with van der Waals surface area (Å²) in [6.07, 6.45) is 1.52. The highest BCUT2D eigenvalue weighted by atomic mass is 19.4. The van der Waals surface area contributed by atoms with Gasteiger partial charge in [0.1, 0.15) is 0 Å². The molecule has 1 fully saturated rings. The quantitative estimate of drug-likeness (QED) is 0.807. The Morgan fingerprint density at radius 2 is 1.86 bits per heavy atom. The summed E-state index contributed by atoms with van der Waals surface area (Å²) in [5, 5.41) is 3.23. The number of nitrogens with one attached hydrogen (secondary N) is 1. The number of alkyl halides is 3. The van der Waals surface area contributed by atoms with Crippen molar-refractivity contribution in [2.45, 2.75) is 51.2 Å². The summed E-state index contributed by atoms with van der Waals surface area (Å²) in [4.78, 5) is 0. The largest absolute Gasteiger partial charge is 0.416 e. The monoisotopic (exact) mass is 299 g/mol. The molecule has 1 aliphatic rings. The lowest BCUT2D eigenvalue weighted by Gasteiger charge is -2.34. The van der Waals surface area contributed by atoms with Gasteiger partial charge in [-0.25, -0.2) is 0 Å². The summed E-state index contributed by atoms with van der Waals surface area (Å²) in [6, 6.07) is 5.78. The molecule has 118 valence electrons. The summed E-state index contributed by atoms with van der Waals surface area (Å²) in [6.45, 7) is 2.22. The predicted octanol–water partition coefficient (Wildman–Crippen LogP) is 5.18. The molecule has 21 heavy (non-hydrogen) atoms. The first-order chi connectivity index (χ1) is 9.95. The fraction of sp³-hybridized carbons (Fsp3) is 0.647. The van der Waals surface area contributed by atoms with Crippen LogP contribution < -0.4 is 5.32 Å².